The Bertz CT molecular complexity index is 1110. The molecule has 0 saturated heterocycles. The minimum Gasteiger partial charge on any atom is -0.331 e. The number of thiocarbonyl (C=S) groups is 1. The van der Waals surface area contributed by atoms with Crippen LogP contribution in [0.1, 0.15) is 29.2 Å². The molecule has 3 aromatic rings. The summed E-state index contributed by atoms with van der Waals surface area (Å²) in [5.74, 6) is 0. The minimum absolute atomic E-state index is 0.0539. The summed E-state index contributed by atoms with van der Waals surface area (Å²) in [6.07, 6.45) is 0.598. The van der Waals surface area contributed by atoms with Crippen molar-refractivity contribution in [1.82, 2.24) is 5.01 Å². The minimum atomic E-state index is -0.384. The zero-order chi connectivity index (χ0) is 21.1. The van der Waals surface area contributed by atoms with Crippen LogP contribution in [0.2, 0.25) is 0 Å². The molecule has 0 saturated carbocycles. The summed E-state index contributed by atoms with van der Waals surface area (Å²) in [4.78, 5) is 10.9. The van der Waals surface area contributed by atoms with E-state index in [1.807, 2.05) is 67.6 Å². The maximum absolute atomic E-state index is 11.3. The fourth-order valence-corrected chi connectivity index (χ4v) is 3.71. The molecule has 1 aliphatic heterocycles. The van der Waals surface area contributed by atoms with Gasteiger partial charge in [-0.15, -0.1) is 0 Å². The van der Waals surface area contributed by atoms with Crippen molar-refractivity contribution in [3.8, 4) is 0 Å². The highest BCUT2D eigenvalue weighted by molar-refractivity contribution is 7.80. The van der Waals surface area contributed by atoms with Gasteiger partial charge in [0.25, 0.3) is 5.69 Å². The second-order valence-electron chi connectivity index (χ2n) is 7.13. The second-order valence-corrected chi connectivity index (χ2v) is 7.51. The fraction of sp³-hybridized carbons (Fsp3) is 0.130. The van der Waals surface area contributed by atoms with E-state index in [2.05, 4.69) is 5.32 Å². The summed E-state index contributed by atoms with van der Waals surface area (Å²) in [7, 11) is 0. The highest BCUT2D eigenvalue weighted by atomic mass is 32.1. The largest absolute Gasteiger partial charge is 0.331 e. The number of hydrogen-bond donors (Lipinski definition) is 1. The SMILES string of the molecule is Cc1ccc(C2=NN(C(=S)Nc3ccccc3)[C@@H](c3cccc([N+](=O)[O-])c3)C2)cc1. The van der Waals surface area contributed by atoms with Crippen molar-refractivity contribution in [2.24, 2.45) is 5.10 Å². The lowest BCUT2D eigenvalue weighted by molar-refractivity contribution is -0.384. The van der Waals surface area contributed by atoms with Gasteiger partial charge in [0.1, 0.15) is 0 Å². The number of nitrogens with zero attached hydrogens (tertiary/aromatic N) is 3. The second kappa shape index (κ2) is 8.42. The van der Waals surface area contributed by atoms with Crippen LogP contribution in [0.15, 0.2) is 84.0 Å². The fourth-order valence-electron chi connectivity index (χ4n) is 3.43. The topological polar surface area (TPSA) is 70.8 Å². The third-order valence-corrected chi connectivity index (χ3v) is 5.28. The molecule has 0 spiro atoms. The molecule has 0 aromatic heterocycles. The van der Waals surface area contributed by atoms with Gasteiger partial charge in [0.2, 0.25) is 0 Å². The number of para-hydroxylation sites is 1. The van der Waals surface area contributed by atoms with Gasteiger partial charge in [-0.3, -0.25) is 10.1 Å². The number of rotatable bonds is 4. The van der Waals surface area contributed by atoms with Crippen molar-refractivity contribution in [1.29, 1.82) is 0 Å². The van der Waals surface area contributed by atoms with E-state index in [0.29, 0.717) is 11.5 Å². The first kappa shape index (κ1) is 19.7. The van der Waals surface area contributed by atoms with Crippen molar-refractivity contribution in [2.75, 3.05) is 5.32 Å². The average Bonchev–Trinajstić information content (AvgIpc) is 3.21. The van der Waals surface area contributed by atoms with Crippen LogP contribution in [-0.4, -0.2) is 20.8 Å². The number of hydrogen-bond acceptors (Lipinski definition) is 4. The highest BCUT2D eigenvalue weighted by Gasteiger charge is 2.32. The first-order valence-corrected chi connectivity index (χ1v) is 9.96. The van der Waals surface area contributed by atoms with Crippen LogP contribution in [0.3, 0.4) is 0 Å². The van der Waals surface area contributed by atoms with Gasteiger partial charge in [-0.1, -0.05) is 60.2 Å². The molecule has 30 heavy (non-hydrogen) atoms. The number of benzene rings is 3. The molecule has 0 amide bonds. The molecule has 7 heteroatoms. The summed E-state index contributed by atoms with van der Waals surface area (Å²) in [6.45, 7) is 2.04. The predicted molar refractivity (Wildman–Crippen MR) is 123 cm³/mol. The molecule has 1 atom stereocenters. The number of nitrogens with one attached hydrogen (secondary N) is 1. The molecule has 0 fully saturated rings. The van der Waals surface area contributed by atoms with Crippen LogP contribution >= 0.6 is 12.2 Å². The number of nitro benzene ring substituents is 1. The smallest absolute Gasteiger partial charge is 0.269 e. The molecule has 6 nitrogen and oxygen atoms in total. The molecular formula is C23H20N4O2S. The van der Waals surface area contributed by atoms with Gasteiger partial charge in [0, 0.05) is 24.2 Å². The molecule has 4 rings (SSSR count). The van der Waals surface area contributed by atoms with Gasteiger partial charge in [0.15, 0.2) is 5.11 Å². The van der Waals surface area contributed by atoms with Gasteiger partial charge in [0.05, 0.1) is 16.7 Å². The van der Waals surface area contributed by atoms with Crippen LogP contribution in [0.4, 0.5) is 11.4 Å². The Morgan fingerprint density at radius 3 is 2.53 bits per heavy atom. The average molecular weight is 417 g/mol. The Kier molecular flexibility index (Phi) is 5.54. The van der Waals surface area contributed by atoms with Crippen LogP contribution in [0, 0.1) is 17.0 Å². The van der Waals surface area contributed by atoms with Crippen LogP contribution in [-0.2, 0) is 0 Å². The number of nitro groups is 1. The highest BCUT2D eigenvalue weighted by Crippen LogP contribution is 2.34. The van der Waals surface area contributed by atoms with Gasteiger partial charge in [-0.05, 0) is 42.4 Å². The first-order chi connectivity index (χ1) is 14.5. The van der Waals surface area contributed by atoms with Crippen molar-refractivity contribution < 1.29 is 4.92 Å². The van der Waals surface area contributed by atoms with Crippen molar-refractivity contribution in [3.63, 3.8) is 0 Å². The molecule has 1 N–H and O–H groups in total. The van der Waals surface area contributed by atoms with Crippen LogP contribution < -0.4 is 5.32 Å². The quantitative estimate of drug-likeness (QED) is 0.348. The van der Waals surface area contributed by atoms with Gasteiger partial charge in [-0.2, -0.15) is 5.10 Å². The summed E-state index contributed by atoms with van der Waals surface area (Å²) in [5, 5.41) is 21.5. The molecule has 0 radical (unpaired) electrons. The summed E-state index contributed by atoms with van der Waals surface area (Å²) in [5.41, 5.74) is 4.79. The van der Waals surface area contributed by atoms with E-state index in [4.69, 9.17) is 17.3 Å². The van der Waals surface area contributed by atoms with E-state index < -0.39 is 0 Å². The van der Waals surface area contributed by atoms with Crippen molar-refractivity contribution in [2.45, 2.75) is 19.4 Å². The van der Waals surface area contributed by atoms with Crippen LogP contribution in [0.5, 0.6) is 0 Å². The standard InChI is InChI=1S/C23H20N4O2S/c1-16-10-12-17(13-11-16)21-15-22(18-6-5-9-20(14-18)27(28)29)26(25-21)23(30)24-19-7-3-2-4-8-19/h2-14,22H,15H2,1H3,(H,24,30)/t22-/m1/s1. The Morgan fingerprint density at radius 1 is 1.10 bits per heavy atom. The maximum atomic E-state index is 11.3. The van der Waals surface area contributed by atoms with E-state index in [9.17, 15) is 10.1 Å². The molecule has 150 valence electrons. The Morgan fingerprint density at radius 2 is 1.83 bits per heavy atom. The summed E-state index contributed by atoms with van der Waals surface area (Å²) < 4.78 is 0. The van der Waals surface area contributed by atoms with Gasteiger partial charge >= 0.3 is 0 Å². The van der Waals surface area contributed by atoms with E-state index in [1.165, 1.54) is 11.6 Å². The predicted octanol–water partition coefficient (Wildman–Crippen LogP) is 5.45. The summed E-state index contributed by atoms with van der Waals surface area (Å²) >= 11 is 5.65. The molecule has 1 aliphatic rings. The lowest BCUT2D eigenvalue weighted by Gasteiger charge is -2.24. The number of non-ortho nitro benzene ring substituents is 1. The zero-order valence-corrected chi connectivity index (χ0v) is 17.2. The Balaban J connectivity index is 1.68. The molecule has 0 unspecified atom stereocenters. The lowest BCUT2D eigenvalue weighted by Crippen LogP contribution is -2.31. The third-order valence-electron chi connectivity index (χ3n) is 4.99. The van der Waals surface area contributed by atoms with E-state index in [1.54, 1.807) is 17.1 Å². The first-order valence-electron chi connectivity index (χ1n) is 9.55. The normalized spacial score (nSPS) is 15.6. The van der Waals surface area contributed by atoms with E-state index >= 15 is 0 Å². The van der Waals surface area contributed by atoms with Crippen molar-refractivity contribution >= 4 is 34.4 Å². The van der Waals surface area contributed by atoms with Crippen molar-refractivity contribution in [3.05, 3.63) is 106 Å². The zero-order valence-electron chi connectivity index (χ0n) is 16.4. The number of aryl methyl sites for hydroxylation is 1. The lowest BCUT2D eigenvalue weighted by atomic mass is 9.98. The number of hydrazone groups is 1. The maximum Gasteiger partial charge on any atom is 0.269 e. The van der Waals surface area contributed by atoms with E-state index in [-0.39, 0.29) is 16.7 Å². The van der Waals surface area contributed by atoms with Crippen LogP contribution in [0.25, 0.3) is 0 Å². The number of anilines is 1. The molecule has 1 heterocycles. The Hall–Kier alpha value is -3.58. The third kappa shape index (κ3) is 4.21. The Labute approximate surface area is 180 Å². The van der Waals surface area contributed by atoms with Gasteiger partial charge in [-0.25, -0.2) is 5.01 Å². The molecular weight excluding hydrogens is 396 g/mol. The molecule has 0 bridgehead atoms. The summed E-state index contributed by atoms with van der Waals surface area (Å²) in [6, 6.07) is 24.2. The monoisotopic (exact) mass is 416 g/mol. The molecule has 3 aromatic carbocycles. The van der Waals surface area contributed by atoms with E-state index in [0.717, 1.165) is 22.5 Å². The molecule has 0 aliphatic carbocycles. The van der Waals surface area contributed by atoms with Gasteiger partial charge < -0.3 is 5.32 Å².